The zero-order chi connectivity index (χ0) is 27.4. The van der Waals surface area contributed by atoms with Crippen LogP contribution in [-0.2, 0) is 4.79 Å². The summed E-state index contributed by atoms with van der Waals surface area (Å²) < 4.78 is 78.9. The van der Waals surface area contributed by atoms with Crippen LogP contribution in [0.2, 0.25) is 5.02 Å². The van der Waals surface area contributed by atoms with Crippen molar-refractivity contribution in [1.82, 2.24) is 5.32 Å². The molecule has 1 unspecified atom stereocenters. The lowest BCUT2D eigenvalue weighted by molar-refractivity contribution is -0.140. The number of Topliss-reactive ketones (excluding diaryl/α,β-unsaturated/α-hetero) is 1. The molecule has 2 rings (SSSR count). The molecule has 2 aromatic rings. The fourth-order valence-corrected chi connectivity index (χ4v) is 5.02. The van der Waals surface area contributed by atoms with Gasteiger partial charge in [-0.2, -0.15) is 26.3 Å². The summed E-state index contributed by atoms with van der Waals surface area (Å²) in [5, 5.41) is 1.96. The van der Waals surface area contributed by atoms with Gasteiger partial charge in [0.1, 0.15) is 6.54 Å². The molecule has 0 fully saturated rings. The highest BCUT2D eigenvalue weighted by molar-refractivity contribution is 9.11. The second kappa shape index (κ2) is 12.4. The molecule has 3 nitrogen and oxygen atoms in total. The lowest BCUT2D eigenvalue weighted by atomic mass is 9.96. The van der Waals surface area contributed by atoms with Crippen LogP contribution in [0.4, 0.5) is 26.3 Å². The smallest absolute Gasteiger partial charge is 0.347 e. The van der Waals surface area contributed by atoms with E-state index in [4.69, 9.17) is 11.6 Å². The number of hydrogen-bond donors (Lipinski definition) is 1. The second-order valence-electron chi connectivity index (χ2n) is 7.78. The van der Waals surface area contributed by atoms with Crippen LogP contribution < -0.4 is 5.32 Å². The van der Waals surface area contributed by atoms with Gasteiger partial charge in [0, 0.05) is 31.3 Å². The summed E-state index contributed by atoms with van der Waals surface area (Å²) in [6.45, 7) is -0.183. The van der Waals surface area contributed by atoms with E-state index in [9.17, 15) is 35.9 Å². The summed E-state index contributed by atoms with van der Waals surface area (Å²) in [5.41, 5.74) is 0.446. The Morgan fingerprint density at radius 2 is 1.58 bits per heavy atom. The molecule has 0 heterocycles. The van der Waals surface area contributed by atoms with Crippen molar-refractivity contribution in [3.63, 3.8) is 0 Å². The Labute approximate surface area is 233 Å². The van der Waals surface area contributed by atoms with E-state index in [0.717, 1.165) is 6.08 Å². The topological polar surface area (TPSA) is 46.2 Å². The van der Waals surface area contributed by atoms with E-state index in [1.807, 2.05) is 0 Å². The number of amides is 1. The van der Waals surface area contributed by atoms with Gasteiger partial charge in [0.05, 0.1) is 10.9 Å². The Morgan fingerprint density at radius 3 is 2.08 bits per heavy atom. The van der Waals surface area contributed by atoms with Crippen molar-refractivity contribution in [3.8, 4) is 0 Å². The maximum absolute atomic E-state index is 13.8. The summed E-state index contributed by atoms with van der Waals surface area (Å²) in [6.07, 6.45) is -7.30. The normalized spacial score (nSPS) is 14.1. The van der Waals surface area contributed by atoms with E-state index < -0.39 is 42.4 Å². The predicted molar refractivity (Wildman–Crippen MR) is 136 cm³/mol. The van der Waals surface area contributed by atoms with Gasteiger partial charge in [-0.1, -0.05) is 52.7 Å². The molecule has 2 atom stereocenters. The summed E-state index contributed by atoms with van der Waals surface area (Å²) in [6, 6.07) is 6.77. The van der Waals surface area contributed by atoms with Crippen molar-refractivity contribution in [2.75, 3.05) is 6.54 Å². The summed E-state index contributed by atoms with van der Waals surface area (Å²) >= 11 is 15.5. The van der Waals surface area contributed by atoms with Gasteiger partial charge in [-0.25, -0.2) is 0 Å². The van der Waals surface area contributed by atoms with Gasteiger partial charge in [-0.3, -0.25) is 9.59 Å². The predicted octanol–water partition coefficient (Wildman–Crippen LogP) is 8.87. The zero-order valence-electron chi connectivity index (χ0n) is 18.2. The lowest BCUT2D eigenvalue weighted by Crippen LogP contribution is -2.37. The first-order valence-electron chi connectivity index (χ1n) is 10.1. The highest BCUT2D eigenvalue weighted by atomic mass is 79.9. The maximum atomic E-state index is 13.8. The van der Waals surface area contributed by atoms with Gasteiger partial charge in [-0.05, 0) is 67.3 Å². The van der Waals surface area contributed by atoms with Crippen molar-refractivity contribution in [2.45, 2.75) is 31.6 Å². The summed E-state index contributed by atoms with van der Waals surface area (Å²) in [4.78, 5) is 24.4. The fourth-order valence-electron chi connectivity index (χ4n) is 3.07. The Balaban J connectivity index is 2.19. The molecular weight excluding hydrogens is 711 g/mol. The number of ketones is 1. The molecule has 0 saturated heterocycles. The number of nitrogens with one attached hydrogen (secondary N) is 1. The van der Waals surface area contributed by atoms with Crippen molar-refractivity contribution in [1.29, 1.82) is 0 Å². The Kier molecular flexibility index (Phi) is 10.7. The van der Waals surface area contributed by atoms with Gasteiger partial charge >= 0.3 is 12.4 Å². The average molecular weight is 729 g/mol. The SMILES string of the molecule is C[C@@H](CC(=O)c1ccc(/C=C/C(c2cc(Br)c(Cl)c(Br)c2)C(F)(F)F)cc1Br)C(=O)NCC(F)(F)F. The van der Waals surface area contributed by atoms with Gasteiger partial charge in [0.15, 0.2) is 5.78 Å². The average Bonchev–Trinajstić information content (AvgIpc) is 2.74. The molecule has 0 radical (unpaired) electrons. The van der Waals surface area contributed by atoms with E-state index in [1.54, 1.807) is 5.32 Å². The van der Waals surface area contributed by atoms with Crippen molar-refractivity contribution in [3.05, 3.63) is 71.5 Å². The molecule has 0 aromatic heterocycles. The fraction of sp³-hybridized carbons (Fsp3) is 0.304. The summed E-state index contributed by atoms with van der Waals surface area (Å²) in [5.74, 6) is -4.40. The third kappa shape index (κ3) is 8.88. The quantitative estimate of drug-likeness (QED) is 0.168. The highest BCUT2D eigenvalue weighted by Crippen LogP contribution is 2.41. The molecular formula is C23H17Br3ClF6NO2. The number of hydrogen-bond acceptors (Lipinski definition) is 2. The minimum Gasteiger partial charge on any atom is -0.347 e. The molecule has 0 spiro atoms. The van der Waals surface area contributed by atoms with Crippen LogP contribution in [0.5, 0.6) is 0 Å². The van der Waals surface area contributed by atoms with Crippen molar-refractivity contribution in [2.24, 2.45) is 5.92 Å². The molecule has 0 aliphatic heterocycles. The van der Waals surface area contributed by atoms with Gasteiger partial charge < -0.3 is 5.32 Å². The number of halogens is 10. The van der Waals surface area contributed by atoms with Crippen molar-refractivity contribution < 1.29 is 35.9 Å². The minimum atomic E-state index is -4.60. The van der Waals surface area contributed by atoms with E-state index in [1.165, 1.54) is 43.3 Å². The molecule has 36 heavy (non-hydrogen) atoms. The van der Waals surface area contributed by atoms with E-state index in [-0.39, 0.29) is 27.0 Å². The molecule has 0 bridgehead atoms. The molecule has 0 aliphatic carbocycles. The number of allylic oxidation sites excluding steroid dienone is 1. The molecule has 2 aromatic carbocycles. The standard InChI is InChI=1S/C23H17Br3ClF6NO2/c1-11(21(36)34-10-22(28,29)30)6-19(35)14-4-2-12(7-16(14)24)3-5-15(23(31,32)33)13-8-17(25)20(27)18(26)9-13/h2-5,7-9,11,15H,6,10H2,1H3,(H,34,36)/b5-3+/t11-,15?/m0/s1. The van der Waals surface area contributed by atoms with Crippen LogP contribution in [0.1, 0.15) is 40.7 Å². The van der Waals surface area contributed by atoms with Crippen LogP contribution in [-0.4, -0.2) is 30.6 Å². The Bertz CT molecular complexity index is 1140. The van der Waals surface area contributed by atoms with E-state index >= 15 is 0 Å². The molecule has 0 aliphatic rings. The first-order valence-corrected chi connectivity index (χ1v) is 12.8. The van der Waals surface area contributed by atoms with E-state index in [2.05, 4.69) is 47.8 Å². The van der Waals surface area contributed by atoms with Gasteiger partial charge in [0.25, 0.3) is 0 Å². The number of alkyl halides is 6. The first-order chi connectivity index (χ1) is 16.5. The van der Waals surface area contributed by atoms with Crippen LogP contribution in [0.25, 0.3) is 6.08 Å². The van der Waals surface area contributed by atoms with Crippen LogP contribution in [0.3, 0.4) is 0 Å². The lowest BCUT2D eigenvalue weighted by Gasteiger charge is -2.18. The number of benzene rings is 2. The number of carbonyl (C=O) groups excluding carboxylic acids is 2. The van der Waals surface area contributed by atoms with Crippen LogP contribution in [0.15, 0.2) is 49.8 Å². The van der Waals surface area contributed by atoms with Crippen molar-refractivity contribution >= 4 is 77.2 Å². The summed E-state index contributed by atoms with van der Waals surface area (Å²) in [7, 11) is 0. The molecule has 0 saturated carbocycles. The van der Waals surface area contributed by atoms with Gasteiger partial charge in [-0.15, -0.1) is 0 Å². The monoisotopic (exact) mass is 725 g/mol. The minimum absolute atomic E-state index is 0.0504. The molecule has 13 heteroatoms. The number of carbonyl (C=O) groups is 2. The Hall–Kier alpha value is -1.37. The molecule has 1 amide bonds. The van der Waals surface area contributed by atoms with Crippen LogP contribution in [0, 0.1) is 5.92 Å². The van der Waals surface area contributed by atoms with Crippen LogP contribution >= 0.6 is 59.4 Å². The third-order valence-corrected chi connectivity index (χ3v) is 7.67. The molecule has 1 N–H and O–H groups in total. The highest BCUT2D eigenvalue weighted by Gasteiger charge is 2.39. The third-order valence-electron chi connectivity index (χ3n) is 4.89. The second-order valence-corrected chi connectivity index (χ2v) is 10.7. The number of rotatable bonds is 8. The largest absolute Gasteiger partial charge is 0.405 e. The first kappa shape index (κ1) is 30.9. The molecule has 196 valence electrons. The van der Waals surface area contributed by atoms with E-state index in [0.29, 0.717) is 14.5 Å². The Morgan fingerprint density at radius 1 is 1.00 bits per heavy atom. The maximum Gasteiger partial charge on any atom is 0.405 e. The zero-order valence-corrected chi connectivity index (χ0v) is 23.7. The van der Waals surface area contributed by atoms with Gasteiger partial charge in [0.2, 0.25) is 5.91 Å².